The molecule has 3 saturated carbocycles. The molecule has 0 radical (unpaired) electrons. The van der Waals surface area contributed by atoms with Gasteiger partial charge >= 0.3 is 0 Å². The van der Waals surface area contributed by atoms with E-state index in [9.17, 15) is 4.79 Å². The van der Waals surface area contributed by atoms with Gasteiger partial charge in [-0.25, -0.2) is 0 Å². The predicted octanol–water partition coefficient (Wildman–Crippen LogP) is 3.04. The fraction of sp³-hybridized carbons (Fsp3) is 0.923. The Bertz CT molecular complexity index is 277. The van der Waals surface area contributed by atoms with E-state index < -0.39 is 0 Å². The van der Waals surface area contributed by atoms with Crippen LogP contribution in [-0.4, -0.2) is 5.78 Å². The van der Waals surface area contributed by atoms with Crippen LogP contribution >= 0.6 is 0 Å². The second-order valence-electron chi connectivity index (χ2n) is 5.61. The van der Waals surface area contributed by atoms with Crippen LogP contribution in [0.5, 0.6) is 0 Å². The van der Waals surface area contributed by atoms with Crippen LogP contribution in [0, 0.1) is 29.1 Å². The topological polar surface area (TPSA) is 17.1 Å². The van der Waals surface area contributed by atoms with Gasteiger partial charge in [-0.3, -0.25) is 4.79 Å². The van der Waals surface area contributed by atoms with E-state index >= 15 is 0 Å². The minimum absolute atomic E-state index is 0.129. The molecule has 2 bridgehead atoms. The van der Waals surface area contributed by atoms with Gasteiger partial charge in [0.05, 0.1) is 0 Å². The Balaban J connectivity index is 1.95. The molecule has 0 aromatic heterocycles. The minimum Gasteiger partial charge on any atom is -0.299 e. The van der Waals surface area contributed by atoms with Gasteiger partial charge in [0.2, 0.25) is 0 Å². The highest BCUT2D eigenvalue weighted by Gasteiger charge is 2.68. The third kappa shape index (κ3) is 0.730. The molecule has 0 aromatic carbocycles. The quantitative estimate of drug-likeness (QED) is 0.657. The average molecular weight is 192 g/mol. The highest BCUT2D eigenvalue weighted by atomic mass is 16.1. The zero-order valence-electron chi connectivity index (χ0n) is 9.25. The van der Waals surface area contributed by atoms with Crippen LogP contribution in [-0.2, 0) is 4.79 Å². The first kappa shape index (κ1) is 8.94. The molecule has 1 nitrogen and oxygen atoms in total. The number of rotatable bonds is 2. The number of ketones is 1. The van der Waals surface area contributed by atoms with Crippen molar-refractivity contribution in [1.82, 2.24) is 0 Å². The van der Waals surface area contributed by atoms with Crippen LogP contribution in [0.15, 0.2) is 0 Å². The van der Waals surface area contributed by atoms with Crippen molar-refractivity contribution in [3.05, 3.63) is 0 Å². The maximum atomic E-state index is 12.2. The van der Waals surface area contributed by atoms with E-state index in [1.165, 1.54) is 19.3 Å². The van der Waals surface area contributed by atoms with Crippen LogP contribution in [0.1, 0.15) is 46.0 Å². The molecule has 0 N–H and O–H groups in total. The summed E-state index contributed by atoms with van der Waals surface area (Å²) in [5.41, 5.74) is 0.129. The lowest BCUT2D eigenvalue weighted by Crippen LogP contribution is -2.59. The maximum Gasteiger partial charge on any atom is 0.142 e. The molecule has 0 amide bonds. The Morgan fingerprint density at radius 3 is 2.50 bits per heavy atom. The summed E-state index contributed by atoms with van der Waals surface area (Å²) < 4.78 is 0. The molecular weight excluding hydrogens is 172 g/mol. The summed E-state index contributed by atoms with van der Waals surface area (Å²) in [6.07, 6.45) is 6.32. The monoisotopic (exact) mass is 192 g/mol. The van der Waals surface area contributed by atoms with Gasteiger partial charge in [-0.1, -0.05) is 13.8 Å². The van der Waals surface area contributed by atoms with Gasteiger partial charge in [0, 0.05) is 11.3 Å². The molecule has 0 aliphatic heterocycles. The molecule has 0 saturated heterocycles. The molecule has 0 heterocycles. The van der Waals surface area contributed by atoms with Crippen molar-refractivity contribution in [2.45, 2.75) is 46.0 Å². The molecule has 3 aliphatic carbocycles. The lowest BCUT2D eigenvalue weighted by atomic mass is 9.46. The van der Waals surface area contributed by atoms with E-state index in [0.29, 0.717) is 11.7 Å². The van der Waals surface area contributed by atoms with Gasteiger partial charge < -0.3 is 0 Å². The summed E-state index contributed by atoms with van der Waals surface area (Å²) >= 11 is 0. The van der Waals surface area contributed by atoms with Gasteiger partial charge in [0.1, 0.15) is 5.78 Å². The molecule has 14 heavy (non-hydrogen) atoms. The average Bonchev–Trinajstić information content (AvgIpc) is 2.77. The molecule has 3 fully saturated rings. The Morgan fingerprint density at radius 2 is 1.86 bits per heavy atom. The van der Waals surface area contributed by atoms with Gasteiger partial charge in [0.15, 0.2) is 0 Å². The largest absolute Gasteiger partial charge is 0.299 e. The first-order valence-electron chi connectivity index (χ1n) is 6.29. The smallest absolute Gasteiger partial charge is 0.142 e. The molecule has 0 spiro atoms. The van der Waals surface area contributed by atoms with Crippen molar-refractivity contribution in [3.8, 4) is 0 Å². The summed E-state index contributed by atoms with van der Waals surface area (Å²) in [7, 11) is 0. The van der Waals surface area contributed by atoms with Gasteiger partial charge in [-0.05, 0) is 49.9 Å². The van der Waals surface area contributed by atoms with Crippen molar-refractivity contribution >= 4 is 5.78 Å². The van der Waals surface area contributed by atoms with Gasteiger partial charge in [-0.15, -0.1) is 0 Å². The number of fused-ring (bicyclic) bond motifs is 5. The van der Waals surface area contributed by atoms with Crippen molar-refractivity contribution in [3.63, 3.8) is 0 Å². The van der Waals surface area contributed by atoms with Crippen molar-refractivity contribution in [2.75, 3.05) is 0 Å². The summed E-state index contributed by atoms with van der Waals surface area (Å²) in [4.78, 5) is 12.2. The highest BCUT2D eigenvalue weighted by Crippen LogP contribution is 2.68. The van der Waals surface area contributed by atoms with Crippen molar-refractivity contribution < 1.29 is 4.79 Å². The van der Waals surface area contributed by atoms with E-state index in [1.54, 1.807) is 0 Å². The SMILES string of the molecule is CCC1(CC)C(=O)C2C3CCC(C3)C21. The van der Waals surface area contributed by atoms with Crippen LogP contribution in [0.2, 0.25) is 0 Å². The first-order chi connectivity index (χ1) is 6.74. The normalized spacial score (nSPS) is 47.7. The molecule has 0 aromatic rings. The lowest BCUT2D eigenvalue weighted by molar-refractivity contribution is -0.164. The fourth-order valence-corrected chi connectivity index (χ4v) is 4.93. The second-order valence-corrected chi connectivity index (χ2v) is 5.61. The van der Waals surface area contributed by atoms with Crippen LogP contribution < -0.4 is 0 Å². The molecule has 78 valence electrons. The second kappa shape index (κ2) is 2.62. The Kier molecular flexibility index (Phi) is 1.67. The zero-order chi connectivity index (χ0) is 9.92. The number of hydrogen-bond acceptors (Lipinski definition) is 1. The van der Waals surface area contributed by atoms with E-state index in [-0.39, 0.29) is 5.41 Å². The predicted molar refractivity (Wildman–Crippen MR) is 55.8 cm³/mol. The van der Waals surface area contributed by atoms with E-state index in [2.05, 4.69) is 13.8 Å². The van der Waals surface area contributed by atoms with Crippen molar-refractivity contribution in [2.24, 2.45) is 29.1 Å². The third-order valence-corrected chi connectivity index (χ3v) is 5.61. The van der Waals surface area contributed by atoms with Gasteiger partial charge in [-0.2, -0.15) is 0 Å². The molecule has 4 unspecified atom stereocenters. The van der Waals surface area contributed by atoms with Crippen LogP contribution in [0.3, 0.4) is 0 Å². The first-order valence-corrected chi connectivity index (χ1v) is 6.29. The number of carbonyl (C=O) groups excluding carboxylic acids is 1. The number of Topliss-reactive ketones (excluding diaryl/α,β-unsaturated/α-hetero) is 1. The Labute approximate surface area is 86.3 Å². The summed E-state index contributed by atoms with van der Waals surface area (Å²) in [5.74, 6) is 3.66. The maximum absolute atomic E-state index is 12.2. The van der Waals surface area contributed by atoms with Crippen LogP contribution in [0.4, 0.5) is 0 Å². The zero-order valence-corrected chi connectivity index (χ0v) is 9.25. The summed E-state index contributed by atoms with van der Waals surface area (Å²) in [6.45, 7) is 4.42. The lowest BCUT2D eigenvalue weighted by Gasteiger charge is -2.55. The highest BCUT2D eigenvalue weighted by molar-refractivity contribution is 5.95. The molecule has 3 aliphatic rings. The molecule has 1 heteroatoms. The van der Waals surface area contributed by atoms with E-state index in [0.717, 1.165) is 30.6 Å². The minimum atomic E-state index is 0.129. The van der Waals surface area contributed by atoms with Crippen molar-refractivity contribution in [1.29, 1.82) is 0 Å². The number of hydrogen-bond donors (Lipinski definition) is 0. The van der Waals surface area contributed by atoms with Gasteiger partial charge in [0.25, 0.3) is 0 Å². The van der Waals surface area contributed by atoms with E-state index in [4.69, 9.17) is 0 Å². The fourth-order valence-electron chi connectivity index (χ4n) is 4.93. The summed E-state index contributed by atoms with van der Waals surface area (Å²) in [6, 6.07) is 0. The molecule has 3 rings (SSSR count). The Morgan fingerprint density at radius 1 is 1.21 bits per heavy atom. The number of carbonyl (C=O) groups is 1. The summed E-state index contributed by atoms with van der Waals surface area (Å²) in [5, 5.41) is 0. The Hall–Kier alpha value is -0.330. The third-order valence-electron chi connectivity index (χ3n) is 5.61. The van der Waals surface area contributed by atoms with Crippen LogP contribution in [0.25, 0.3) is 0 Å². The standard InChI is InChI=1S/C13H20O/c1-3-13(4-2)11-9-6-5-8(7-9)10(11)12(13)14/h8-11H,3-7H2,1-2H3. The molecule has 4 atom stereocenters. The van der Waals surface area contributed by atoms with E-state index in [1.807, 2.05) is 0 Å². The molecular formula is C13H20O.